The van der Waals surface area contributed by atoms with E-state index in [1.165, 1.54) is 0 Å². The zero-order chi connectivity index (χ0) is 13.3. The quantitative estimate of drug-likeness (QED) is 0.796. The van der Waals surface area contributed by atoms with Crippen molar-refractivity contribution in [2.45, 2.75) is 20.8 Å². The van der Waals surface area contributed by atoms with Crippen LogP contribution in [0.4, 0.5) is 11.4 Å². The van der Waals surface area contributed by atoms with Gasteiger partial charge in [0, 0.05) is 17.4 Å². The molecular weight excluding hydrogens is 230 g/mol. The first kappa shape index (κ1) is 12.2. The smallest absolute Gasteiger partial charge is 0.277 e. The molecule has 0 bridgehead atoms. The van der Waals surface area contributed by atoms with Crippen LogP contribution in [-0.2, 0) is 0 Å². The van der Waals surface area contributed by atoms with Gasteiger partial charge in [0.1, 0.15) is 5.76 Å². The number of hydrogen-bond acceptors (Lipinski definition) is 4. The van der Waals surface area contributed by atoms with Gasteiger partial charge in [0.15, 0.2) is 5.69 Å². The lowest BCUT2D eigenvalue weighted by atomic mass is 10.1. The zero-order valence-corrected chi connectivity index (χ0v) is 10.6. The first-order valence-electron chi connectivity index (χ1n) is 5.59. The molecule has 3 N–H and O–H groups in total. The molecule has 0 saturated heterocycles. The van der Waals surface area contributed by atoms with Gasteiger partial charge in [-0.05, 0) is 44.0 Å². The number of nitrogen functional groups attached to an aromatic ring is 1. The van der Waals surface area contributed by atoms with E-state index in [-0.39, 0.29) is 11.6 Å². The summed E-state index contributed by atoms with van der Waals surface area (Å²) in [5.41, 5.74) is 9.33. The minimum Gasteiger partial charge on any atom is -0.399 e. The van der Waals surface area contributed by atoms with Gasteiger partial charge < -0.3 is 15.6 Å². The second-order valence-electron chi connectivity index (χ2n) is 4.30. The van der Waals surface area contributed by atoms with Gasteiger partial charge in [-0.1, -0.05) is 5.16 Å². The van der Waals surface area contributed by atoms with Crippen molar-refractivity contribution in [3.8, 4) is 0 Å². The van der Waals surface area contributed by atoms with Crippen molar-refractivity contribution in [2.24, 2.45) is 0 Å². The first-order chi connectivity index (χ1) is 8.47. The molecule has 0 saturated carbocycles. The van der Waals surface area contributed by atoms with Crippen LogP contribution in [0, 0.1) is 20.8 Å². The molecule has 0 atom stereocenters. The summed E-state index contributed by atoms with van der Waals surface area (Å²) in [6.07, 6.45) is 0. The van der Waals surface area contributed by atoms with Crippen molar-refractivity contribution >= 4 is 17.3 Å². The maximum atomic E-state index is 11.9. The number of nitrogens with one attached hydrogen (secondary N) is 1. The van der Waals surface area contributed by atoms with Gasteiger partial charge in [-0.3, -0.25) is 4.79 Å². The number of carbonyl (C=O) groups is 1. The lowest BCUT2D eigenvalue weighted by molar-refractivity contribution is 0.101. The van der Waals surface area contributed by atoms with Crippen molar-refractivity contribution in [1.29, 1.82) is 0 Å². The predicted octanol–water partition coefficient (Wildman–Crippen LogP) is 2.43. The topological polar surface area (TPSA) is 81.2 Å². The normalized spacial score (nSPS) is 10.4. The van der Waals surface area contributed by atoms with Crippen LogP contribution >= 0.6 is 0 Å². The molecule has 0 aliphatic carbocycles. The maximum absolute atomic E-state index is 11.9. The minimum absolute atomic E-state index is 0.265. The number of nitrogens with two attached hydrogens (primary N) is 1. The van der Waals surface area contributed by atoms with Gasteiger partial charge in [0.05, 0.1) is 0 Å². The second-order valence-corrected chi connectivity index (χ2v) is 4.30. The van der Waals surface area contributed by atoms with Crippen LogP contribution in [0.5, 0.6) is 0 Å². The van der Waals surface area contributed by atoms with Crippen molar-refractivity contribution in [2.75, 3.05) is 11.1 Å². The largest absolute Gasteiger partial charge is 0.399 e. The molecule has 2 rings (SSSR count). The summed E-state index contributed by atoms with van der Waals surface area (Å²) in [7, 11) is 0. The van der Waals surface area contributed by atoms with E-state index in [1.54, 1.807) is 13.0 Å². The maximum Gasteiger partial charge on any atom is 0.277 e. The molecule has 5 heteroatoms. The molecule has 0 unspecified atom stereocenters. The standard InChI is InChI=1S/C13H15N3O2/c1-7-5-11(8(2)4-10(7)14)15-13(17)12-6-9(3)18-16-12/h4-6H,14H2,1-3H3,(H,15,17). The fraction of sp³-hybridized carbons (Fsp3) is 0.231. The minimum atomic E-state index is -0.292. The van der Waals surface area contributed by atoms with Crippen LogP contribution in [0.3, 0.4) is 0 Å². The van der Waals surface area contributed by atoms with Crippen molar-refractivity contribution < 1.29 is 9.32 Å². The van der Waals surface area contributed by atoms with Gasteiger partial charge in [0.25, 0.3) is 5.91 Å². The third kappa shape index (κ3) is 2.34. The number of nitrogens with zero attached hydrogens (tertiary/aromatic N) is 1. The summed E-state index contributed by atoms with van der Waals surface area (Å²) in [5, 5.41) is 6.46. The Kier molecular flexibility index (Phi) is 3.06. The molecule has 5 nitrogen and oxygen atoms in total. The third-order valence-electron chi connectivity index (χ3n) is 2.72. The number of anilines is 2. The van der Waals surface area contributed by atoms with Crippen LogP contribution in [0.2, 0.25) is 0 Å². The van der Waals surface area contributed by atoms with Crippen LogP contribution in [0.25, 0.3) is 0 Å². The Morgan fingerprint density at radius 1 is 1.22 bits per heavy atom. The highest BCUT2D eigenvalue weighted by molar-refractivity contribution is 6.03. The van der Waals surface area contributed by atoms with E-state index in [1.807, 2.05) is 26.0 Å². The highest BCUT2D eigenvalue weighted by Gasteiger charge is 2.12. The fourth-order valence-electron chi connectivity index (χ4n) is 1.63. The summed E-state index contributed by atoms with van der Waals surface area (Å²) in [6.45, 7) is 5.52. The van der Waals surface area contributed by atoms with E-state index in [0.717, 1.165) is 16.8 Å². The number of hydrogen-bond donors (Lipinski definition) is 2. The summed E-state index contributed by atoms with van der Waals surface area (Å²) in [4.78, 5) is 11.9. The van der Waals surface area contributed by atoms with E-state index < -0.39 is 0 Å². The van der Waals surface area contributed by atoms with Crippen molar-refractivity contribution in [3.63, 3.8) is 0 Å². The predicted molar refractivity (Wildman–Crippen MR) is 69.5 cm³/mol. The number of amides is 1. The van der Waals surface area contributed by atoms with Crippen LogP contribution < -0.4 is 11.1 Å². The monoisotopic (exact) mass is 245 g/mol. The molecule has 1 amide bonds. The molecule has 1 heterocycles. The van der Waals surface area contributed by atoms with Crippen molar-refractivity contribution in [3.05, 3.63) is 40.8 Å². The SMILES string of the molecule is Cc1cc(C(=O)Nc2cc(C)c(N)cc2C)no1. The number of aromatic nitrogens is 1. The lowest BCUT2D eigenvalue weighted by Crippen LogP contribution is -2.13. The number of carbonyl (C=O) groups excluding carboxylic acids is 1. The Morgan fingerprint density at radius 3 is 2.56 bits per heavy atom. The molecule has 0 aliphatic heterocycles. The summed E-state index contributed by atoms with van der Waals surface area (Å²) >= 11 is 0. The van der Waals surface area contributed by atoms with Gasteiger partial charge >= 0.3 is 0 Å². The highest BCUT2D eigenvalue weighted by Crippen LogP contribution is 2.22. The van der Waals surface area contributed by atoms with Crippen LogP contribution in [0.1, 0.15) is 27.4 Å². The molecule has 0 aliphatic rings. The molecule has 1 aromatic carbocycles. The van der Waals surface area contributed by atoms with Gasteiger partial charge in [0.2, 0.25) is 0 Å². The molecule has 0 spiro atoms. The fourth-order valence-corrected chi connectivity index (χ4v) is 1.63. The second kappa shape index (κ2) is 4.52. The molecule has 94 valence electrons. The zero-order valence-electron chi connectivity index (χ0n) is 10.6. The average Bonchev–Trinajstić information content (AvgIpc) is 2.73. The van der Waals surface area contributed by atoms with E-state index >= 15 is 0 Å². The first-order valence-corrected chi connectivity index (χ1v) is 5.59. The van der Waals surface area contributed by atoms with E-state index in [2.05, 4.69) is 10.5 Å². The van der Waals surface area contributed by atoms with Gasteiger partial charge in [-0.25, -0.2) is 0 Å². The summed E-state index contributed by atoms with van der Waals surface area (Å²) in [6, 6.07) is 5.27. The third-order valence-corrected chi connectivity index (χ3v) is 2.72. The Hall–Kier alpha value is -2.30. The van der Waals surface area contributed by atoms with E-state index in [0.29, 0.717) is 11.4 Å². The number of rotatable bonds is 2. The van der Waals surface area contributed by atoms with E-state index in [9.17, 15) is 4.79 Å². The molecule has 18 heavy (non-hydrogen) atoms. The highest BCUT2D eigenvalue weighted by atomic mass is 16.5. The molecule has 0 radical (unpaired) electrons. The van der Waals surface area contributed by atoms with E-state index in [4.69, 9.17) is 10.3 Å². The Morgan fingerprint density at radius 2 is 1.94 bits per heavy atom. The Balaban J connectivity index is 2.24. The van der Waals surface area contributed by atoms with Crippen LogP contribution in [0.15, 0.2) is 22.7 Å². The average molecular weight is 245 g/mol. The van der Waals surface area contributed by atoms with Crippen molar-refractivity contribution in [1.82, 2.24) is 5.16 Å². The van der Waals surface area contributed by atoms with Gasteiger partial charge in [-0.15, -0.1) is 0 Å². The number of aryl methyl sites for hydroxylation is 3. The Bertz CT molecular complexity index is 602. The summed E-state index contributed by atoms with van der Waals surface area (Å²) < 4.78 is 4.87. The molecule has 1 aromatic heterocycles. The molecule has 2 aromatic rings. The molecule has 0 fully saturated rings. The number of benzene rings is 1. The van der Waals surface area contributed by atoms with Gasteiger partial charge in [-0.2, -0.15) is 0 Å². The lowest BCUT2D eigenvalue weighted by Gasteiger charge is -2.10. The Labute approximate surface area is 105 Å². The summed E-state index contributed by atoms with van der Waals surface area (Å²) in [5.74, 6) is 0.310. The molecular formula is C13H15N3O2. The van der Waals surface area contributed by atoms with Crippen LogP contribution in [-0.4, -0.2) is 11.1 Å².